The number of thiol groups is 1. The third-order valence-corrected chi connectivity index (χ3v) is 15.7. The van der Waals surface area contributed by atoms with Crippen LogP contribution >= 0.6 is 9.16 Å². The second kappa shape index (κ2) is 5.97. The van der Waals surface area contributed by atoms with Crippen molar-refractivity contribution in [3.63, 3.8) is 0 Å². The van der Waals surface area contributed by atoms with Crippen LogP contribution in [-0.2, 0) is 12.8 Å². The number of aryl methyl sites for hydroxylation is 2. The summed E-state index contributed by atoms with van der Waals surface area (Å²) in [5.74, 6) is 3.61. The zero-order chi connectivity index (χ0) is 16.6. The molecule has 0 aromatic heterocycles. The van der Waals surface area contributed by atoms with Crippen LogP contribution in [0.3, 0.4) is 0 Å². The van der Waals surface area contributed by atoms with Crippen molar-refractivity contribution in [2.75, 3.05) is 6.26 Å². The zero-order valence-electron chi connectivity index (χ0n) is 15.5. The molecule has 1 aromatic rings. The van der Waals surface area contributed by atoms with E-state index < -0.39 is 9.16 Å². The highest BCUT2D eigenvalue weighted by atomic mass is 32.3. The van der Waals surface area contributed by atoms with Crippen molar-refractivity contribution in [2.45, 2.75) is 76.6 Å². The van der Waals surface area contributed by atoms with Gasteiger partial charge in [0.2, 0.25) is 0 Å². The quantitative estimate of drug-likeness (QED) is 0.559. The van der Waals surface area contributed by atoms with Gasteiger partial charge < -0.3 is 0 Å². The van der Waals surface area contributed by atoms with Crippen molar-refractivity contribution in [2.24, 2.45) is 0 Å². The van der Waals surface area contributed by atoms with Gasteiger partial charge in [0.05, 0.1) is 0 Å². The molecular formula is C21H34S. The fourth-order valence-electron chi connectivity index (χ4n) is 4.04. The lowest BCUT2D eigenvalue weighted by atomic mass is 10.1. The third-order valence-electron chi connectivity index (χ3n) is 6.72. The third kappa shape index (κ3) is 2.61. The molecule has 0 N–H and O–H groups in total. The van der Waals surface area contributed by atoms with Crippen LogP contribution in [-0.4, -0.2) is 22.0 Å². The van der Waals surface area contributed by atoms with Crippen molar-refractivity contribution >= 4 is 9.16 Å². The summed E-state index contributed by atoms with van der Waals surface area (Å²) in [6, 6.07) is 6.88. The predicted octanol–water partition coefficient (Wildman–Crippen LogP) is 5.41. The van der Waals surface area contributed by atoms with Gasteiger partial charge in [-0.1, -0.05) is 58.8 Å². The molecule has 1 aliphatic carbocycles. The highest BCUT2D eigenvalue weighted by molar-refractivity contribution is 8.53. The molecule has 0 saturated heterocycles. The van der Waals surface area contributed by atoms with Crippen molar-refractivity contribution in [3.05, 3.63) is 34.9 Å². The van der Waals surface area contributed by atoms with E-state index in [0.29, 0.717) is 15.7 Å². The topological polar surface area (TPSA) is 0 Å². The van der Waals surface area contributed by atoms with Crippen LogP contribution in [0.2, 0.25) is 0 Å². The van der Waals surface area contributed by atoms with E-state index in [1.54, 1.807) is 0 Å². The summed E-state index contributed by atoms with van der Waals surface area (Å²) < 4.78 is 0. The number of benzene rings is 1. The Labute approximate surface area is 138 Å². The van der Waals surface area contributed by atoms with Crippen molar-refractivity contribution in [1.82, 2.24) is 0 Å². The highest BCUT2D eigenvalue weighted by Crippen LogP contribution is 2.75. The van der Waals surface area contributed by atoms with Gasteiger partial charge in [0.25, 0.3) is 0 Å². The van der Waals surface area contributed by atoms with Crippen LogP contribution in [0.25, 0.3) is 0 Å². The summed E-state index contributed by atoms with van der Waals surface area (Å²) in [6.45, 7) is 14.3. The molecule has 0 bridgehead atoms. The molecule has 0 saturated carbocycles. The van der Waals surface area contributed by atoms with Gasteiger partial charge in [0.1, 0.15) is 0 Å². The molecule has 1 heteroatoms. The molecule has 22 heavy (non-hydrogen) atoms. The summed E-state index contributed by atoms with van der Waals surface area (Å²) in [6.07, 6.45) is 6.31. The lowest BCUT2D eigenvalue weighted by Gasteiger charge is -2.64. The molecule has 0 atom stereocenters. The standard InChI is InChI=1S/C21H34S/c1-16(2)22(7,17(3)4,18(5)6)14-13-19-11-12-20-9-8-10-21(20)15-19/h11-12,15-18,22H,8-10H2,1-7H3. The summed E-state index contributed by atoms with van der Waals surface area (Å²) in [5, 5.41) is 5.83. The fourth-order valence-corrected chi connectivity index (χ4v) is 8.83. The average molecular weight is 319 g/mol. The summed E-state index contributed by atoms with van der Waals surface area (Å²) in [4.78, 5) is 0. The Kier molecular flexibility index (Phi) is 4.74. The highest BCUT2D eigenvalue weighted by Gasteiger charge is 2.44. The van der Waals surface area contributed by atoms with Crippen LogP contribution in [0.15, 0.2) is 18.2 Å². The number of fused-ring (bicyclic) bond motifs is 1. The Morgan fingerprint density at radius 1 is 0.864 bits per heavy atom. The van der Waals surface area contributed by atoms with Crippen molar-refractivity contribution in [3.8, 4) is 11.2 Å². The summed E-state index contributed by atoms with van der Waals surface area (Å²) >= 11 is 0. The van der Waals surface area contributed by atoms with Crippen LogP contribution < -0.4 is 0 Å². The first-order chi connectivity index (χ1) is 10.2. The Bertz CT molecular complexity index is 586. The van der Waals surface area contributed by atoms with Crippen LogP contribution in [0.4, 0.5) is 0 Å². The van der Waals surface area contributed by atoms with E-state index >= 15 is 0 Å². The molecular weight excluding hydrogens is 284 g/mol. The van der Waals surface area contributed by atoms with Gasteiger partial charge in [0.15, 0.2) is 0 Å². The molecule has 0 fully saturated rings. The number of hydrogen-bond donors (Lipinski definition) is 1. The summed E-state index contributed by atoms with van der Waals surface area (Å²) in [5.41, 5.74) is 4.29. The van der Waals surface area contributed by atoms with E-state index in [9.17, 15) is 0 Å². The van der Waals surface area contributed by atoms with E-state index in [0.717, 1.165) is 0 Å². The molecule has 2 rings (SSSR count). The Hall–Kier alpha value is -0.870. The zero-order valence-corrected chi connectivity index (χ0v) is 16.4. The van der Waals surface area contributed by atoms with Crippen molar-refractivity contribution < 1.29 is 0 Å². The molecule has 0 heterocycles. The van der Waals surface area contributed by atoms with Gasteiger partial charge >= 0.3 is 0 Å². The molecule has 0 amide bonds. The van der Waals surface area contributed by atoms with Crippen LogP contribution in [0.1, 0.15) is 64.7 Å². The second-order valence-corrected chi connectivity index (χ2v) is 15.2. The molecule has 1 aromatic carbocycles. The Morgan fingerprint density at radius 3 is 1.95 bits per heavy atom. The summed E-state index contributed by atoms with van der Waals surface area (Å²) in [7, 11) is -2.09. The smallest absolute Gasteiger partial charge is 0.0256 e. The largest absolute Gasteiger partial charge is 0.230 e. The number of rotatable bonds is 3. The SMILES string of the molecule is CC(C)[SH](C)(C#Cc1ccc2c(c1)CCC2)(C(C)C)C(C)C. The Balaban J connectivity index is 2.50. The first-order valence-corrected chi connectivity index (χ1v) is 11.7. The minimum Gasteiger partial charge on any atom is -0.230 e. The molecule has 0 unspecified atom stereocenters. The predicted molar refractivity (Wildman–Crippen MR) is 106 cm³/mol. The maximum atomic E-state index is 3.90. The van der Waals surface area contributed by atoms with Gasteiger partial charge in [-0.2, -0.15) is 0 Å². The van der Waals surface area contributed by atoms with Crippen LogP contribution in [0, 0.1) is 11.2 Å². The maximum absolute atomic E-state index is 3.90. The maximum Gasteiger partial charge on any atom is 0.0256 e. The van der Waals surface area contributed by atoms with Gasteiger partial charge in [0, 0.05) is 5.56 Å². The van der Waals surface area contributed by atoms with E-state index in [-0.39, 0.29) is 0 Å². The lowest BCUT2D eigenvalue weighted by Crippen LogP contribution is -2.39. The molecule has 124 valence electrons. The molecule has 1 aliphatic rings. The molecule has 0 radical (unpaired) electrons. The average Bonchev–Trinajstić information content (AvgIpc) is 2.91. The minimum absolute atomic E-state index is 0.646. The molecule has 0 aliphatic heterocycles. The first kappa shape index (κ1) is 17.5. The van der Waals surface area contributed by atoms with Gasteiger partial charge in [-0.15, -0.1) is 0 Å². The van der Waals surface area contributed by atoms with E-state index in [4.69, 9.17) is 0 Å². The van der Waals surface area contributed by atoms with Gasteiger partial charge in [-0.05, 0) is 64.5 Å². The van der Waals surface area contributed by atoms with Gasteiger partial charge in [-0.3, -0.25) is 0 Å². The van der Waals surface area contributed by atoms with Crippen molar-refractivity contribution in [1.29, 1.82) is 0 Å². The first-order valence-electron chi connectivity index (χ1n) is 8.85. The fraction of sp³-hybridized carbons (Fsp3) is 0.619. The monoisotopic (exact) mass is 318 g/mol. The van der Waals surface area contributed by atoms with Gasteiger partial charge in [-0.25, -0.2) is 9.16 Å². The van der Waals surface area contributed by atoms with Crippen LogP contribution in [0.5, 0.6) is 0 Å². The van der Waals surface area contributed by atoms with E-state index in [2.05, 4.69) is 77.2 Å². The lowest BCUT2D eigenvalue weighted by molar-refractivity contribution is 0.912. The van der Waals surface area contributed by atoms with E-state index in [1.165, 1.54) is 36.0 Å². The molecule has 0 nitrogen and oxygen atoms in total. The minimum atomic E-state index is -2.09. The second-order valence-electron chi connectivity index (χ2n) is 8.19. The van der Waals surface area contributed by atoms with E-state index in [1.807, 2.05) is 0 Å². The Morgan fingerprint density at radius 2 is 1.41 bits per heavy atom. The normalized spacial score (nSPS) is 16.4. The number of hydrogen-bond acceptors (Lipinski definition) is 0. The molecule has 0 spiro atoms.